The highest BCUT2D eigenvalue weighted by Gasteiger charge is 2.32. The second-order valence-corrected chi connectivity index (χ2v) is 9.09. The van der Waals surface area contributed by atoms with Crippen LogP contribution in [0.1, 0.15) is 16.8 Å². The number of aryl methyl sites for hydroxylation is 1. The van der Waals surface area contributed by atoms with Gasteiger partial charge in [-0.3, -0.25) is 9.69 Å². The predicted octanol–water partition coefficient (Wildman–Crippen LogP) is 4.91. The molecule has 31 heavy (non-hydrogen) atoms. The van der Waals surface area contributed by atoms with Crippen molar-refractivity contribution in [3.8, 4) is 11.5 Å². The molecular formula is C21H15ClN4O3S2. The van der Waals surface area contributed by atoms with Crippen molar-refractivity contribution in [1.29, 1.82) is 0 Å². The summed E-state index contributed by atoms with van der Waals surface area (Å²) in [5.74, 6) is 1.60. The van der Waals surface area contributed by atoms with E-state index in [1.54, 1.807) is 11.0 Å². The van der Waals surface area contributed by atoms with E-state index < -0.39 is 0 Å². The Morgan fingerprint density at radius 2 is 2.00 bits per heavy atom. The van der Waals surface area contributed by atoms with Gasteiger partial charge < -0.3 is 9.47 Å². The van der Waals surface area contributed by atoms with Gasteiger partial charge in [0.25, 0.3) is 5.91 Å². The number of aromatic nitrogens is 2. The van der Waals surface area contributed by atoms with Crippen molar-refractivity contribution < 1.29 is 14.3 Å². The molecule has 0 bridgehead atoms. The van der Waals surface area contributed by atoms with Crippen molar-refractivity contribution in [1.82, 2.24) is 9.59 Å². The molecule has 1 aromatic heterocycles. The van der Waals surface area contributed by atoms with Gasteiger partial charge in [0.1, 0.15) is 15.7 Å². The Morgan fingerprint density at radius 1 is 1.19 bits per heavy atom. The molecule has 0 saturated heterocycles. The average Bonchev–Trinajstić information content (AvgIpc) is 3.47. The largest absolute Gasteiger partial charge is 0.454 e. The van der Waals surface area contributed by atoms with Crippen molar-refractivity contribution >= 4 is 57.7 Å². The minimum Gasteiger partial charge on any atom is -0.454 e. The number of nitrogens with zero attached hydrogens (tertiary/aromatic N) is 4. The molecule has 0 spiro atoms. The maximum atomic E-state index is 13.3. The van der Waals surface area contributed by atoms with Gasteiger partial charge in [-0.05, 0) is 42.8 Å². The summed E-state index contributed by atoms with van der Waals surface area (Å²) in [6, 6.07) is 13.3. The summed E-state index contributed by atoms with van der Waals surface area (Å²) in [4.78, 5) is 19.5. The normalized spacial score (nSPS) is 16.3. The van der Waals surface area contributed by atoms with Crippen LogP contribution in [-0.2, 0) is 10.5 Å². The van der Waals surface area contributed by atoms with Gasteiger partial charge in [0, 0.05) is 17.3 Å². The summed E-state index contributed by atoms with van der Waals surface area (Å²) >= 11 is 8.66. The lowest BCUT2D eigenvalue weighted by atomic mass is 10.1. The number of amidine groups is 1. The summed E-state index contributed by atoms with van der Waals surface area (Å²) in [5.41, 5.74) is 3.67. The first-order valence-electron chi connectivity index (χ1n) is 9.29. The summed E-state index contributed by atoms with van der Waals surface area (Å²) in [5, 5.41) is 4.60. The van der Waals surface area contributed by atoms with Crippen LogP contribution in [0, 0.1) is 6.92 Å². The van der Waals surface area contributed by atoms with Gasteiger partial charge in [0.05, 0.1) is 5.69 Å². The summed E-state index contributed by atoms with van der Waals surface area (Å²) in [6.45, 7) is 2.20. The van der Waals surface area contributed by atoms with Gasteiger partial charge in [-0.25, -0.2) is 4.99 Å². The smallest absolute Gasteiger partial charge is 0.283 e. The SMILES string of the molecule is Cc1ccc(N2C(=O)/C(=C\c3ccc4c(c3)OCO4)N=C2SCc2nnsc2Cl)cc1. The summed E-state index contributed by atoms with van der Waals surface area (Å²) in [7, 11) is 0. The van der Waals surface area contributed by atoms with E-state index >= 15 is 0 Å². The Morgan fingerprint density at radius 3 is 2.77 bits per heavy atom. The molecule has 0 unspecified atom stereocenters. The van der Waals surface area contributed by atoms with Crippen LogP contribution < -0.4 is 14.4 Å². The fourth-order valence-electron chi connectivity index (χ4n) is 3.09. The number of halogens is 1. The number of benzene rings is 2. The van der Waals surface area contributed by atoms with Crippen LogP contribution in [0.2, 0.25) is 4.34 Å². The van der Waals surface area contributed by atoms with E-state index in [0.29, 0.717) is 38.1 Å². The van der Waals surface area contributed by atoms with Gasteiger partial charge in [-0.2, -0.15) is 0 Å². The van der Waals surface area contributed by atoms with E-state index in [0.717, 1.165) is 28.3 Å². The number of carbonyl (C=O) groups is 1. The molecule has 2 aliphatic rings. The lowest BCUT2D eigenvalue weighted by Gasteiger charge is -2.17. The molecule has 10 heteroatoms. The number of hydrogen-bond donors (Lipinski definition) is 0. The molecule has 7 nitrogen and oxygen atoms in total. The Labute approximate surface area is 191 Å². The first-order valence-corrected chi connectivity index (χ1v) is 11.4. The van der Waals surface area contributed by atoms with Crippen LogP contribution in [0.4, 0.5) is 5.69 Å². The van der Waals surface area contributed by atoms with Crippen LogP contribution in [0.15, 0.2) is 53.2 Å². The predicted molar refractivity (Wildman–Crippen MR) is 123 cm³/mol. The first kappa shape index (κ1) is 20.0. The molecule has 0 aliphatic carbocycles. The number of hydrogen-bond acceptors (Lipinski definition) is 8. The van der Waals surface area contributed by atoms with Gasteiger partial charge in [0.2, 0.25) is 6.79 Å². The Kier molecular flexibility index (Phi) is 5.39. The fraction of sp³-hybridized carbons (Fsp3) is 0.143. The zero-order chi connectivity index (χ0) is 21.4. The highest BCUT2D eigenvalue weighted by molar-refractivity contribution is 8.13. The number of amides is 1. The number of carbonyl (C=O) groups excluding carboxylic acids is 1. The van der Waals surface area contributed by atoms with Gasteiger partial charge in [-0.15, -0.1) is 5.10 Å². The number of fused-ring (bicyclic) bond motifs is 1. The molecule has 2 aliphatic heterocycles. The molecule has 0 fully saturated rings. The Hall–Kier alpha value is -2.88. The monoisotopic (exact) mass is 470 g/mol. The molecule has 1 amide bonds. The quantitative estimate of drug-likeness (QED) is 0.504. The number of aliphatic imine (C=N–C) groups is 1. The maximum Gasteiger partial charge on any atom is 0.283 e. The summed E-state index contributed by atoms with van der Waals surface area (Å²) < 4.78 is 15.2. The molecule has 156 valence electrons. The van der Waals surface area contributed by atoms with Gasteiger partial charge >= 0.3 is 0 Å². The molecule has 0 saturated carbocycles. The van der Waals surface area contributed by atoms with E-state index in [-0.39, 0.29) is 12.7 Å². The van der Waals surface area contributed by atoms with Crippen molar-refractivity contribution in [2.45, 2.75) is 12.7 Å². The van der Waals surface area contributed by atoms with Crippen LogP contribution in [0.5, 0.6) is 11.5 Å². The van der Waals surface area contributed by atoms with Crippen LogP contribution in [-0.4, -0.2) is 27.5 Å². The first-order chi connectivity index (χ1) is 15.1. The molecule has 5 rings (SSSR count). The van der Waals surface area contributed by atoms with Crippen molar-refractivity contribution in [2.75, 3.05) is 11.7 Å². The zero-order valence-electron chi connectivity index (χ0n) is 16.2. The Bertz CT molecular complexity index is 1220. The highest BCUT2D eigenvalue weighted by Crippen LogP contribution is 2.35. The minimum atomic E-state index is -0.202. The average molecular weight is 471 g/mol. The maximum absolute atomic E-state index is 13.3. The van der Waals surface area contributed by atoms with Crippen LogP contribution in [0.25, 0.3) is 6.08 Å². The standard InChI is InChI=1S/C21H15ClN4O3S2/c1-12-2-5-14(6-3-12)26-20(27)15(8-13-4-7-17-18(9-13)29-11-28-17)23-21(26)30-10-16-19(22)31-25-24-16/h2-9H,10-11H2,1H3/b15-8+. The molecule has 3 aromatic rings. The third-order valence-corrected chi connectivity index (χ3v) is 6.60. The lowest BCUT2D eigenvalue weighted by molar-refractivity contribution is -0.113. The van der Waals surface area contributed by atoms with E-state index in [2.05, 4.69) is 14.6 Å². The van der Waals surface area contributed by atoms with Crippen LogP contribution in [0.3, 0.4) is 0 Å². The van der Waals surface area contributed by atoms with Gasteiger partial charge in [-0.1, -0.05) is 51.6 Å². The highest BCUT2D eigenvalue weighted by atomic mass is 35.5. The second-order valence-electron chi connectivity index (χ2n) is 6.79. The molecular weight excluding hydrogens is 456 g/mol. The molecule has 0 atom stereocenters. The molecule has 3 heterocycles. The third-order valence-electron chi connectivity index (χ3n) is 4.67. The number of anilines is 1. The lowest BCUT2D eigenvalue weighted by Crippen LogP contribution is -2.30. The van der Waals surface area contributed by atoms with E-state index in [4.69, 9.17) is 21.1 Å². The number of rotatable bonds is 4. The van der Waals surface area contributed by atoms with E-state index in [1.807, 2.05) is 49.4 Å². The summed E-state index contributed by atoms with van der Waals surface area (Å²) in [6.07, 6.45) is 1.75. The number of thioether (sulfide) groups is 1. The third kappa shape index (κ3) is 4.04. The minimum absolute atomic E-state index is 0.197. The van der Waals surface area contributed by atoms with Crippen molar-refractivity contribution in [2.24, 2.45) is 4.99 Å². The second kappa shape index (κ2) is 8.33. The molecule has 0 N–H and O–H groups in total. The zero-order valence-corrected chi connectivity index (χ0v) is 18.6. The topological polar surface area (TPSA) is 76.9 Å². The fourth-order valence-corrected chi connectivity index (χ4v) is 4.84. The van der Waals surface area contributed by atoms with Gasteiger partial charge in [0.15, 0.2) is 16.7 Å². The van der Waals surface area contributed by atoms with Crippen molar-refractivity contribution in [3.63, 3.8) is 0 Å². The van der Waals surface area contributed by atoms with Crippen LogP contribution >= 0.6 is 34.9 Å². The molecule has 0 radical (unpaired) electrons. The Balaban J connectivity index is 1.48. The van der Waals surface area contributed by atoms with E-state index in [1.165, 1.54) is 11.8 Å². The molecule has 2 aromatic carbocycles. The van der Waals surface area contributed by atoms with Crippen molar-refractivity contribution in [3.05, 3.63) is 69.3 Å². The number of ether oxygens (including phenoxy) is 2. The van der Waals surface area contributed by atoms with E-state index in [9.17, 15) is 4.79 Å².